The predicted octanol–water partition coefficient (Wildman–Crippen LogP) is 1.67. The number of hydrogen-bond acceptors (Lipinski definition) is 2. The number of amidine groups is 1. The van der Waals surface area contributed by atoms with Gasteiger partial charge in [-0.1, -0.05) is 0 Å². The molecule has 0 radical (unpaired) electrons. The predicted molar refractivity (Wildman–Crippen MR) is 49.9 cm³/mol. The van der Waals surface area contributed by atoms with Crippen molar-refractivity contribution in [3.05, 3.63) is 30.2 Å². The molecular weight excluding hydrogens is 152 g/mol. The lowest BCUT2D eigenvalue weighted by Crippen LogP contribution is -2.07. The second-order valence-electron chi connectivity index (χ2n) is 2.45. The maximum absolute atomic E-state index is 5.51. The topological polar surface area (TPSA) is 51.5 Å². The summed E-state index contributed by atoms with van der Waals surface area (Å²) in [5, 5.41) is 0. The molecule has 0 aliphatic rings. The van der Waals surface area contributed by atoms with Gasteiger partial charge in [0.1, 0.15) is 11.6 Å². The molecule has 0 unspecified atom stereocenters. The average Bonchev–Trinajstić information content (AvgIpc) is 2.56. The molecule has 3 heteroatoms. The van der Waals surface area contributed by atoms with E-state index in [-0.39, 0.29) is 0 Å². The van der Waals surface area contributed by atoms with Crippen molar-refractivity contribution < 1.29 is 4.42 Å². The summed E-state index contributed by atoms with van der Waals surface area (Å²) in [5.74, 6) is 1.32. The zero-order chi connectivity index (χ0) is 8.97. The van der Waals surface area contributed by atoms with Crippen molar-refractivity contribution in [1.29, 1.82) is 0 Å². The zero-order valence-electron chi connectivity index (χ0n) is 7.24. The highest BCUT2D eigenvalue weighted by Crippen LogP contribution is 2.12. The van der Waals surface area contributed by atoms with Crippen LogP contribution in [-0.4, -0.2) is 12.9 Å². The van der Waals surface area contributed by atoms with E-state index in [1.165, 1.54) is 0 Å². The Labute approximate surface area is 71.6 Å². The van der Waals surface area contributed by atoms with Crippen LogP contribution in [0.25, 0.3) is 5.57 Å². The number of hydrogen-bond donors (Lipinski definition) is 1. The van der Waals surface area contributed by atoms with Crippen LogP contribution >= 0.6 is 0 Å². The Morgan fingerprint density at radius 1 is 1.67 bits per heavy atom. The highest BCUT2D eigenvalue weighted by atomic mass is 16.3. The molecule has 0 fully saturated rings. The van der Waals surface area contributed by atoms with Crippen LogP contribution in [0, 0.1) is 0 Å². The molecule has 64 valence electrons. The summed E-state index contributed by atoms with van der Waals surface area (Å²) < 4.78 is 5.16. The summed E-state index contributed by atoms with van der Waals surface area (Å²) in [6.45, 7) is 1.93. The van der Waals surface area contributed by atoms with Crippen molar-refractivity contribution >= 4 is 11.4 Å². The fourth-order valence-corrected chi connectivity index (χ4v) is 0.860. The summed E-state index contributed by atoms with van der Waals surface area (Å²) in [5.41, 5.74) is 6.49. The van der Waals surface area contributed by atoms with Crippen molar-refractivity contribution in [3.8, 4) is 0 Å². The largest absolute Gasteiger partial charge is 0.465 e. The molecule has 1 aromatic heterocycles. The fourth-order valence-electron chi connectivity index (χ4n) is 0.860. The number of allylic oxidation sites excluding steroid dienone is 1. The molecule has 0 amide bonds. The van der Waals surface area contributed by atoms with Crippen LogP contribution in [0.1, 0.15) is 12.7 Å². The third kappa shape index (κ3) is 1.99. The Balaban J connectivity index is 2.85. The van der Waals surface area contributed by atoms with Crippen molar-refractivity contribution in [2.24, 2.45) is 10.7 Å². The molecule has 0 aromatic carbocycles. The smallest absolute Gasteiger partial charge is 0.129 e. The number of furan rings is 1. The summed E-state index contributed by atoms with van der Waals surface area (Å²) in [6, 6.07) is 3.72. The van der Waals surface area contributed by atoms with Gasteiger partial charge in [-0.2, -0.15) is 0 Å². The second-order valence-corrected chi connectivity index (χ2v) is 2.45. The van der Waals surface area contributed by atoms with E-state index >= 15 is 0 Å². The van der Waals surface area contributed by atoms with Crippen molar-refractivity contribution in [2.75, 3.05) is 7.05 Å². The van der Waals surface area contributed by atoms with Gasteiger partial charge in [-0.25, -0.2) is 0 Å². The van der Waals surface area contributed by atoms with E-state index in [0.717, 1.165) is 11.3 Å². The standard InChI is InChI=1S/C9H12N2O/c1-7(6-9(10)11-2)8-4-3-5-12-8/h3-6H,1-2H3,(H2,10,11)/b7-6+. The van der Waals surface area contributed by atoms with Gasteiger partial charge in [0.05, 0.1) is 6.26 Å². The molecule has 0 aliphatic heterocycles. The number of aliphatic imine (C=N–C) groups is 1. The minimum atomic E-state index is 0.504. The van der Waals surface area contributed by atoms with Gasteiger partial charge in [0.2, 0.25) is 0 Å². The Morgan fingerprint density at radius 2 is 2.42 bits per heavy atom. The average molecular weight is 164 g/mol. The fraction of sp³-hybridized carbons (Fsp3) is 0.222. The maximum Gasteiger partial charge on any atom is 0.129 e. The molecule has 3 nitrogen and oxygen atoms in total. The van der Waals surface area contributed by atoms with E-state index in [1.54, 1.807) is 19.4 Å². The minimum Gasteiger partial charge on any atom is -0.465 e. The SMILES string of the molecule is CN=C(N)/C=C(\C)c1ccco1. The van der Waals surface area contributed by atoms with Gasteiger partial charge in [0.15, 0.2) is 0 Å². The van der Waals surface area contributed by atoms with Gasteiger partial charge >= 0.3 is 0 Å². The summed E-state index contributed by atoms with van der Waals surface area (Å²) in [6.07, 6.45) is 3.41. The number of nitrogens with zero attached hydrogens (tertiary/aromatic N) is 1. The molecule has 1 heterocycles. The first kappa shape index (κ1) is 8.59. The van der Waals surface area contributed by atoms with Gasteiger partial charge < -0.3 is 10.2 Å². The first-order valence-electron chi connectivity index (χ1n) is 3.68. The summed E-state index contributed by atoms with van der Waals surface area (Å²) in [4.78, 5) is 3.81. The van der Waals surface area contributed by atoms with E-state index in [0.29, 0.717) is 5.84 Å². The lowest BCUT2D eigenvalue weighted by Gasteiger charge is -1.94. The molecule has 0 aliphatic carbocycles. The van der Waals surface area contributed by atoms with Crippen LogP contribution in [0.15, 0.2) is 33.9 Å². The van der Waals surface area contributed by atoms with Crippen LogP contribution < -0.4 is 5.73 Å². The van der Waals surface area contributed by atoms with Crippen LogP contribution in [0.3, 0.4) is 0 Å². The number of nitrogens with two attached hydrogens (primary N) is 1. The van der Waals surface area contributed by atoms with E-state index in [1.807, 2.05) is 19.1 Å². The molecular formula is C9H12N2O. The first-order chi connectivity index (χ1) is 5.74. The molecule has 12 heavy (non-hydrogen) atoms. The Hall–Kier alpha value is -1.51. The normalized spacial score (nSPS) is 13.5. The summed E-state index contributed by atoms with van der Waals surface area (Å²) in [7, 11) is 1.65. The Morgan fingerprint density at radius 3 is 2.92 bits per heavy atom. The monoisotopic (exact) mass is 164 g/mol. The molecule has 0 saturated heterocycles. The van der Waals surface area contributed by atoms with E-state index in [2.05, 4.69) is 4.99 Å². The van der Waals surface area contributed by atoms with Gasteiger partial charge in [-0.15, -0.1) is 0 Å². The van der Waals surface area contributed by atoms with Crippen molar-refractivity contribution in [1.82, 2.24) is 0 Å². The third-order valence-corrected chi connectivity index (χ3v) is 1.53. The van der Waals surface area contributed by atoms with E-state index in [4.69, 9.17) is 10.2 Å². The van der Waals surface area contributed by atoms with Gasteiger partial charge in [-0.3, -0.25) is 4.99 Å². The zero-order valence-corrected chi connectivity index (χ0v) is 7.24. The lowest BCUT2D eigenvalue weighted by molar-refractivity contribution is 0.553. The Kier molecular flexibility index (Phi) is 2.69. The lowest BCUT2D eigenvalue weighted by atomic mass is 10.2. The maximum atomic E-state index is 5.51. The molecule has 1 aromatic rings. The molecule has 0 atom stereocenters. The minimum absolute atomic E-state index is 0.504. The van der Waals surface area contributed by atoms with Crippen LogP contribution in [0.2, 0.25) is 0 Å². The molecule has 0 saturated carbocycles. The molecule has 0 bridgehead atoms. The molecule has 0 spiro atoms. The van der Waals surface area contributed by atoms with Gasteiger partial charge in [0.25, 0.3) is 0 Å². The Bertz CT molecular complexity index is 296. The van der Waals surface area contributed by atoms with Crippen molar-refractivity contribution in [2.45, 2.75) is 6.92 Å². The molecule has 2 N–H and O–H groups in total. The molecule has 1 rings (SSSR count). The summed E-state index contributed by atoms with van der Waals surface area (Å²) >= 11 is 0. The quantitative estimate of drug-likeness (QED) is 0.534. The number of rotatable bonds is 2. The van der Waals surface area contributed by atoms with E-state index < -0.39 is 0 Å². The van der Waals surface area contributed by atoms with Crippen LogP contribution in [0.5, 0.6) is 0 Å². The van der Waals surface area contributed by atoms with Crippen LogP contribution in [0.4, 0.5) is 0 Å². The van der Waals surface area contributed by atoms with Crippen LogP contribution in [-0.2, 0) is 0 Å². The third-order valence-electron chi connectivity index (χ3n) is 1.53. The highest BCUT2D eigenvalue weighted by molar-refractivity contribution is 5.97. The second kappa shape index (κ2) is 3.76. The van der Waals surface area contributed by atoms with Gasteiger partial charge in [-0.05, 0) is 30.7 Å². The van der Waals surface area contributed by atoms with Gasteiger partial charge in [0, 0.05) is 7.05 Å². The highest BCUT2D eigenvalue weighted by Gasteiger charge is 1.97. The van der Waals surface area contributed by atoms with Crippen molar-refractivity contribution in [3.63, 3.8) is 0 Å². The first-order valence-corrected chi connectivity index (χ1v) is 3.68. The van der Waals surface area contributed by atoms with E-state index in [9.17, 15) is 0 Å².